The molecule has 0 aromatic heterocycles. The van der Waals surface area contributed by atoms with E-state index in [0.29, 0.717) is 38.5 Å². The molecule has 0 saturated heterocycles. The third kappa shape index (κ3) is 16.8. The number of nitrogens with one attached hydrogen (secondary N) is 2. The molecule has 2 aromatic rings. The van der Waals surface area contributed by atoms with Crippen LogP contribution in [0.15, 0.2) is 60.7 Å². The summed E-state index contributed by atoms with van der Waals surface area (Å²) in [6.07, 6.45) is 13.2. The Bertz CT molecular complexity index is 926. The topological polar surface area (TPSA) is 92.3 Å². The van der Waals surface area contributed by atoms with Gasteiger partial charge in [-0.05, 0) is 48.3 Å². The van der Waals surface area contributed by atoms with Crippen molar-refractivity contribution in [3.8, 4) is 0 Å². The molecule has 0 unspecified atom stereocenters. The van der Waals surface area contributed by atoms with E-state index in [-0.39, 0.29) is 11.6 Å². The van der Waals surface area contributed by atoms with Gasteiger partial charge in [0.15, 0.2) is 11.6 Å². The molecule has 2 amide bonds. The number of unbranched alkanes of at least 4 members (excludes halogenated alkanes) is 7. The number of carbonyl (C=O) groups excluding carboxylic acids is 4. The SMILES string of the molecule is O=CN[C@@H](Cc1ccccc1)C(=O)CCSCCCCCCCCCCSCCC(=O)[C@H](Cc1ccccc1)NC=O. The molecule has 0 radical (unpaired) electrons. The molecule has 0 aliphatic rings. The predicted molar refractivity (Wildman–Crippen MR) is 177 cm³/mol. The molecular formula is C34H48N2O4S2. The van der Waals surface area contributed by atoms with Gasteiger partial charge in [0.1, 0.15) is 0 Å². The van der Waals surface area contributed by atoms with Crippen LogP contribution >= 0.6 is 23.5 Å². The highest BCUT2D eigenvalue weighted by atomic mass is 32.2. The molecule has 0 aliphatic carbocycles. The minimum Gasteiger partial charge on any atom is -0.349 e. The number of ketones is 2. The van der Waals surface area contributed by atoms with E-state index < -0.39 is 12.1 Å². The van der Waals surface area contributed by atoms with Crippen LogP contribution in [0.3, 0.4) is 0 Å². The van der Waals surface area contributed by atoms with Crippen LogP contribution in [-0.4, -0.2) is 59.5 Å². The Labute approximate surface area is 261 Å². The Morgan fingerprint density at radius 2 is 0.905 bits per heavy atom. The van der Waals surface area contributed by atoms with Gasteiger partial charge in [-0.3, -0.25) is 19.2 Å². The average molecular weight is 613 g/mol. The van der Waals surface area contributed by atoms with Crippen LogP contribution in [0, 0.1) is 0 Å². The van der Waals surface area contributed by atoms with Gasteiger partial charge in [-0.15, -0.1) is 0 Å². The van der Waals surface area contributed by atoms with Gasteiger partial charge in [0.2, 0.25) is 12.8 Å². The highest BCUT2D eigenvalue weighted by Crippen LogP contribution is 2.15. The lowest BCUT2D eigenvalue weighted by Gasteiger charge is -2.15. The number of thioether (sulfide) groups is 2. The monoisotopic (exact) mass is 612 g/mol. The number of Topliss-reactive ketones (excluding diaryl/α,β-unsaturated/α-hetero) is 2. The van der Waals surface area contributed by atoms with E-state index in [1.165, 1.54) is 51.4 Å². The van der Waals surface area contributed by atoms with Crippen molar-refractivity contribution < 1.29 is 19.2 Å². The summed E-state index contributed by atoms with van der Waals surface area (Å²) >= 11 is 3.66. The zero-order chi connectivity index (χ0) is 30.1. The van der Waals surface area contributed by atoms with E-state index >= 15 is 0 Å². The Balaban J connectivity index is 1.38. The molecule has 0 heterocycles. The van der Waals surface area contributed by atoms with Gasteiger partial charge in [-0.2, -0.15) is 23.5 Å². The van der Waals surface area contributed by atoms with Crippen LogP contribution in [0.4, 0.5) is 0 Å². The van der Waals surface area contributed by atoms with Crippen molar-refractivity contribution in [1.29, 1.82) is 0 Å². The maximum atomic E-state index is 12.5. The van der Waals surface area contributed by atoms with E-state index in [1.807, 2.05) is 84.2 Å². The van der Waals surface area contributed by atoms with Crippen LogP contribution in [0.5, 0.6) is 0 Å². The first-order valence-corrected chi connectivity index (χ1v) is 17.6. The van der Waals surface area contributed by atoms with Gasteiger partial charge in [0.05, 0.1) is 12.1 Å². The van der Waals surface area contributed by atoms with Crippen LogP contribution in [-0.2, 0) is 32.0 Å². The second-order valence-corrected chi connectivity index (χ2v) is 13.0. The molecule has 0 spiro atoms. The average Bonchev–Trinajstić information content (AvgIpc) is 3.01. The van der Waals surface area contributed by atoms with E-state index in [0.717, 1.165) is 34.1 Å². The van der Waals surface area contributed by atoms with E-state index in [2.05, 4.69) is 10.6 Å². The van der Waals surface area contributed by atoms with Gasteiger partial charge in [0, 0.05) is 24.3 Å². The van der Waals surface area contributed by atoms with Crippen molar-refractivity contribution in [2.45, 2.75) is 89.1 Å². The van der Waals surface area contributed by atoms with E-state index in [1.54, 1.807) is 0 Å². The highest BCUT2D eigenvalue weighted by molar-refractivity contribution is 7.99. The first kappa shape index (κ1) is 35.6. The van der Waals surface area contributed by atoms with Crippen molar-refractivity contribution in [3.63, 3.8) is 0 Å². The summed E-state index contributed by atoms with van der Waals surface area (Å²) in [5.74, 6) is 3.97. The normalized spacial score (nSPS) is 12.3. The lowest BCUT2D eigenvalue weighted by molar-refractivity contribution is -0.123. The van der Waals surface area contributed by atoms with Crippen LogP contribution < -0.4 is 10.6 Å². The predicted octanol–water partition coefficient (Wildman–Crippen LogP) is 6.21. The van der Waals surface area contributed by atoms with Crippen molar-refractivity contribution in [2.24, 2.45) is 0 Å². The molecule has 2 atom stereocenters. The number of carbonyl (C=O) groups is 4. The molecule has 2 rings (SSSR count). The second-order valence-electron chi connectivity index (χ2n) is 10.5. The zero-order valence-electron chi connectivity index (χ0n) is 24.8. The fourth-order valence-corrected chi connectivity index (χ4v) is 6.68. The molecule has 2 aromatic carbocycles. The van der Waals surface area contributed by atoms with Crippen molar-refractivity contribution in [1.82, 2.24) is 10.6 Å². The van der Waals surface area contributed by atoms with Gasteiger partial charge >= 0.3 is 0 Å². The van der Waals surface area contributed by atoms with Crippen molar-refractivity contribution in [2.75, 3.05) is 23.0 Å². The van der Waals surface area contributed by atoms with E-state index in [9.17, 15) is 19.2 Å². The van der Waals surface area contributed by atoms with Crippen molar-refractivity contribution in [3.05, 3.63) is 71.8 Å². The highest BCUT2D eigenvalue weighted by Gasteiger charge is 2.18. The molecule has 8 heteroatoms. The summed E-state index contributed by atoms with van der Waals surface area (Å²) < 4.78 is 0. The first-order valence-electron chi connectivity index (χ1n) is 15.3. The summed E-state index contributed by atoms with van der Waals surface area (Å²) in [5.41, 5.74) is 2.11. The Morgan fingerprint density at radius 1 is 0.548 bits per heavy atom. The lowest BCUT2D eigenvalue weighted by Crippen LogP contribution is -2.38. The molecule has 230 valence electrons. The summed E-state index contributed by atoms with van der Waals surface area (Å²) in [7, 11) is 0. The Morgan fingerprint density at radius 3 is 1.26 bits per heavy atom. The van der Waals surface area contributed by atoms with Crippen LogP contribution in [0.2, 0.25) is 0 Å². The van der Waals surface area contributed by atoms with Gasteiger partial charge in [-0.1, -0.05) is 99.2 Å². The Kier molecular flexibility index (Phi) is 20.3. The third-order valence-corrected chi connectivity index (χ3v) is 9.33. The third-order valence-electron chi connectivity index (χ3n) is 7.19. The molecular weight excluding hydrogens is 565 g/mol. The fraction of sp³-hybridized carbons (Fsp3) is 0.529. The van der Waals surface area contributed by atoms with Crippen LogP contribution in [0.25, 0.3) is 0 Å². The van der Waals surface area contributed by atoms with E-state index in [4.69, 9.17) is 0 Å². The molecule has 6 nitrogen and oxygen atoms in total. The number of amides is 2. The molecule has 2 N–H and O–H groups in total. The van der Waals surface area contributed by atoms with Gasteiger partial charge in [0.25, 0.3) is 0 Å². The minimum atomic E-state index is -0.442. The lowest BCUT2D eigenvalue weighted by atomic mass is 10.0. The number of hydrogen-bond donors (Lipinski definition) is 2. The number of rotatable bonds is 27. The zero-order valence-corrected chi connectivity index (χ0v) is 26.5. The second kappa shape index (κ2) is 23.9. The quantitative estimate of drug-likeness (QED) is 0.0921. The molecule has 0 saturated carbocycles. The fourth-order valence-electron chi connectivity index (χ4n) is 4.76. The summed E-state index contributed by atoms with van der Waals surface area (Å²) in [4.78, 5) is 46.9. The van der Waals surface area contributed by atoms with Crippen molar-refractivity contribution >= 4 is 47.9 Å². The maximum Gasteiger partial charge on any atom is 0.207 e. The first-order chi connectivity index (χ1) is 20.6. The molecule has 0 fully saturated rings. The standard InChI is InChI=1S/C34H48N2O4S2/c37-27-35-31(25-29-15-9-7-10-16-29)33(39)19-23-41-21-13-5-3-1-2-4-6-14-22-42-24-20-34(40)32(36-28-38)26-30-17-11-8-12-18-30/h7-12,15-18,27-28,31-32H,1-6,13-14,19-26H2,(H,35,37)(H,36,38)/t31-,32-/m0/s1. The largest absolute Gasteiger partial charge is 0.349 e. The smallest absolute Gasteiger partial charge is 0.207 e. The summed E-state index contributed by atoms with van der Waals surface area (Å²) in [6, 6.07) is 18.7. The number of hydrogen-bond acceptors (Lipinski definition) is 6. The Hall–Kier alpha value is -2.58. The van der Waals surface area contributed by atoms with Gasteiger partial charge < -0.3 is 10.6 Å². The van der Waals surface area contributed by atoms with Crippen LogP contribution in [0.1, 0.15) is 75.3 Å². The summed E-state index contributed by atoms with van der Waals surface area (Å²) in [5, 5.41) is 5.37. The molecule has 0 bridgehead atoms. The molecule has 42 heavy (non-hydrogen) atoms. The van der Waals surface area contributed by atoms with Gasteiger partial charge in [-0.25, -0.2) is 0 Å². The maximum absolute atomic E-state index is 12.5. The molecule has 0 aliphatic heterocycles. The number of benzene rings is 2. The summed E-state index contributed by atoms with van der Waals surface area (Å²) in [6.45, 7) is 0. The minimum absolute atomic E-state index is 0.102.